The Labute approximate surface area is 194 Å². The Hall–Kier alpha value is -3.40. The summed E-state index contributed by atoms with van der Waals surface area (Å²) in [6, 6.07) is 16.4. The largest absolute Gasteiger partial charge is 0.478 e. The molecule has 1 aliphatic carbocycles. The minimum absolute atomic E-state index is 0.233. The zero-order valence-corrected chi connectivity index (χ0v) is 19.2. The van der Waals surface area contributed by atoms with Crippen molar-refractivity contribution in [2.24, 2.45) is 0 Å². The molecule has 1 aliphatic rings. The van der Waals surface area contributed by atoms with Gasteiger partial charge in [0.2, 0.25) is 0 Å². The van der Waals surface area contributed by atoms with E-state index >= 15 is 0 Å². The highest BCUT2D eigenvalue weighted by molar-refractivity contribution is 6.04. The van der Waals surface area contributed by atoms with E-state index in [1.54, 1.807) is 24.3 Å². The standard InChI is InChI=1S/C29H30O4/c1-3-10-20-17-25(19-11-4-5-12-19)18(2)26(21-13-6-8-15-23(21)28(30)31)27(20)22-14-7-9-16-24(22)29(32)33/h6-9,13-17,19H,3-5,10-12H2,1-2H3,(H,30,31)(H,32,33). The smallest absolute Gasteiger partial charge is 0.336 e. The molecule has 0 amide bonds. The van der Waals surface area contributed by atoms with Gasteiger partial charge in [0.25, 0.3) is 0 Å². The van der Waals surface area contributed by atoms with E-state index in [0.717, 1.165) is 47.9 Å². The number of aromatic carboxylic acids is 2. The first-order valence-corrected chi connectivity index (χ1v) is 11.8. The monoisotopic (exact) mass is 442 g/mol. The van der Waals surface area contributed by atoms with E-state index in [4.69, 9.17) is 0 Å². The van der Waals surface area contributed by atoms with E-state index in [0.29, 0.717) is 17.0 Å². The van der Waals surface area contributed by atoms with Crippen molar-refractivity contribution in [2.45, 2.75) is 58.3 Å². The molecular weight excluding hydrogens is 412 g/mol. The third-order valence-corrected chi connectivity index (χ3v) is 6.88. The Morgan fingerprint density at radius 2 is 1.36 bits per heavy atom. The quantitative estimate of drug-likeness (QED) is 0.401. The maximum atomic E-state index is 12.2. The summed E-state index contributed by atoms with van der Waals surface area (Å²) in [6.07, 6.45) is 6.39. The van der Waals surface area contributed by atoms with Crippen LogP contribution in [-0.2, 0) is 6.42 Å². The van der Waals surface area contributed by atoms with E-state index in [-0.39, 0.29) is 11.1 Å². The van der Waals surface area contributed by atoms with Crippen molar-refractivity contribution >= 4 is 11.9 Å². The third kappa shape index (κ3) is 4.30. The second kappa shape index (κ2) is 9.62. The lowest BCUT2D eigenvalue weighted by molar-refractivity contribution is 0.0686. The van der Waals surface area contributed by atoms with Crippen LogP contribution in [0.15, 0.2) is 54.6 Å². The molecular formula is C29H30O4. The Bertz CT molecular complexity index is 1200. The van der Waals surface area contributed by atoms with Crippen LogP contribution in [0.2, 0.25) is 0 Å². The molecule has 4 heteroatoms. The van der Waals surface area contributed by atoms with Crippen molar-refractivity contribution in [3.05, 3.63) is 82.4 Å². The average Bonchev–Trinajstić information content (AvgIpc) is 3.34. The Morgan fingerprint density at radius 1 is 0.848 bits per heavy atom. The minimum Gasteiger partial charge on any atom is -0.478 e. The number of hydrogen-bond acceptors (Lipinski definition) is 2. The number of carboxylic acid groups (broad SMARTS) is 2. The fraction of sp³-hybridized carbons (Fsp3) is 0.310. The van der Waals surface area contributed by atoms with Crippen LogP contribution in [0, 0.1) is 6.92 Å². The van der Waals surface area contributed by atoms with E-state index in [9.17, 15) is 19.8 Å². The summed E-state index contributed by atoms with van der Waals surface area (Å²) in [5, 5.41) is 19.9. The van der Waals surface area contributed by atoms with Crippen molar-refractivity contribution in [2.75, 3.05) is 0 Å². The van der Waals surface area contributed by atoms with Gasteiger partial charge in [0, 0.05) is 0 Å². The molecule has 0 bridgehead atoms. The molecule has 0 aromatic heterocycles. The summed E-state index contributed by atoms with van der Waals surface area (Å²) in [7, 11) is 0. The van der Waals surface area contributed by atoms with Gasteiger partial charge in [-0.25, -0.2) is 9.59 Å². The molecule has 2 N–H and O–H groups in total. The summed E-state index contributed by atoms with van der Waals surface area (Å²) in [5.74, 6) is -1.51. The SMILES string of the molecule is CCCc1cc(C2CCCC2)c(C)c(-c2ccccc2C(=O)O)c1-c1ccccc1C(=O)O. The number of aryl methyl sites for hydroxylation is 1. The molecule has 0 spiro atoms. The van der Waals surface area contributed by atoms with Crippen LogP contribution in [0.25, 0.3) is 22.3 Å². The number of carboxylic acids is 2. The second-order valence-corrected chi connectivity index (χ2v) is 8.93. The summed E-state index contributed by atoms with van der Waals surface area (Å²) < 4.78 is 0. The van der Waals surface area contributed by atoms with Gasteiger partial charge in [0.1, 0.15) is 0 Å². The molecule has 3 aromatic carbocycles. The zero-order valence-electron chi connectivity index (χ0n) is 19.2. The molecule has 3 aromatic rings. The summed E-state index contributed by atoms with van der Waals surface area (Å²) in [6.45, 7) is 4.19. The van der Waals surface area contributed by atoms with Gasteiger partial charge < -0.3 is 10.2 Å². The molecule has 4 nitrogen and oxygen atoms in total. The number of benzene rings is 3. The van der Waals surface area contributed by atoms with Gasteiger partial charge in [0.05, 0.1) is 11.1 Å². The van der Waals surface area contributed by atoms with Gasteiger partial charge in [-0.15, -0.1) is 0 Å². The van der Waals surface area contributed by atoms with Crippen molar-refractivity contribution in [1.82, 2.24) is 0 Å². The second-order valence-electron chi connectivity index (χ2n) is 8.93. The predicted molar refractivity (Wildman–Crippen MR) is 131 cm³/mol. The van der Waals surface area contributed by atoms with E-state index in [1.165, 1.54) is 18.4 Å². The van der Waals surface area contributed by atoms with Crippen LogP contribution < -0.4 is 0 Å². The first-order chi connectivity index (χ1) is 15.9. The maximum absolute atomic E-state index is 12.2. The molecule has 0 aliphatic heterocycles. The van der Waals surface area contributed by atoms with Crippen LogP contribution in [0.3, 0.4) is 0 Å². The van der Waals surface area contributed by atoms with Crippen molar-refractivity contribution in [3.8, 4) is 22.3 Å². The van der Waals surface area contributed by atoms with E-state index in [2.05, 4.69) is 19.9 Å². The third-order valence-electron chi connectivity index (χ3n) is 6.88. The number of carbonyl (C=O) groups is 2. The number of hydrogen-bond donors (Lipinski definition) is 2. The molecule has 170 valence electrons. The van der Waals surface area contributed by atoms with Crippen LogP contribution in [0.1, 0.15) is 82.4 Å². The van der Waals surface area contributed by atoms with Gasteiger partial charge in [-0.05, 0) is 83.2 Å². The van der Waals surface area contributed by atoms with Crippen LogP contribution in [-0.4, -0.2) is 22.2 Å². The van der Waals surface area contributed by atoms with Crippen LogP contribution in [0.4, 0.5) is 0 Å². The normalized spacial score (nSPS) is 13.9. The Balaban J connectivity index is 2.15. The van der Waals surface area contributed by atoms with Gasteiger partial charge >= 0.3 is 11.9 Å². The Kier molecular flexibility index (Phi) is 6.64. The fourth-order valence-corrected chi connectivity index (χ4v) is 5.41. The zero-order chi connectivity index (χ0) is 23.5. The topological polar surface area (TPSA) is 74.6 Å². The molecule has 4 rings (SSSR count). The van der Waals surface area contributed by atoms with Crippen LogP contribution >= 0.6 is 0 Å². The average molecular weight is 443 g/mol. The highest BCUT2D eigenvalue weighted by Crippen LogP contribution is 2.46. The van der Waals surface area contributed by atoms with Crippen molar-refractivity contribution in [3.63, 3.8) is 0 Å². The van der Waals surface area contributed by atoms with Gasteiger partial charge in [-0.1, -0.05) is 68.7 Å². The molecule has 33 heavy (non-hydrogen) atoms. The highest BCUT2D eigenvalue weighted by atomic mass is 16.4. The van der Waals surface area contributed by atoms with Gasteiger partial charge in [-0.3, -0.25) is 0 Å². The molecule has 0 radical (unpaired) electrons. The molecule has 0 saturated heterocycles. The molecule has 0 unspecified atom stereocenters. The molecule has 0 heterocycles. The lowest BCUT2D eigenvalue weighted by Crippen LogP contribution is -2.09. The lowest BCUT2D eigenvalue weighted by Gasteiger charge is -2.25. The first-order valence-electron chi connectivity index (χ1n) is 11.8. The van der Waals surface area contributed by atoms with E-state index < -0.39 is 11.9 Å². The minimum atomic E-state index is -0.983. The van der Waals surface area contributed by atoms with Gasteiger partial charge in [0.15, 0.2) is 0 Å². The lowest BCUT2D eigenvalue weighted by atomic mass is 9.78. The number of rotatable bonds is 7. The summed E-state index contributed by atoms with van der Waals surface area (Å²) in [5.41, 5.74) is 6.90. The summed E-state index contributed by atoms with van der Waals surface area (Å²) in [4.78, 5) is 24.3. The van der Waals surface area contributed by atoms with Gasteiger partial charge in [-0.2, -0.15) is 0 Å². The van der Waals surface area contributed by atoms with E-state index in [1.807, 2.05) is 24.3 Å². The highest BCUT2D eigenvalue weighted by Gasteiger charge is 2.27. The molecule has 0 atom stereocenters. The molecule has 1 fully saturated rings. The molecule has 1 saturated carbocycles. The predicted octanol–water partition coefficient (Wildman–Crippen LogP) is 7.34. The van der Waals surface area contributed by atoms with Crippen LogP contribution in [0.5, 0.6) is 0 Å². The maximum Gasteiger partial charge on any atom is 0.336 e. The first kappa shape index (κ1) is 22.8. The van der Waals surface area contributed by atoms with Crippen molar-refractivity contribution < 1.29 is 19.8 Å². The summed E-state index contributed by atoms with van der Waals surface area (Å²) >= 11 is 0. The Morgan fingerprint density at radius 3 is 1.88 bits per heavy atom. The van der Waals surface area contributed by atoms with Crippen molar-refractivity contribution in [1.29, 1.82) is 0 Å². The fourth-order valence-electron chi connectivity index (χ4n) is 5.41.